The van der Waals surface area contributed by atoms with Gasteiger partial charge in [0, 0.05) is 5.70 Å². The van der Waals surface area contributed by atoms with Crippen molar-refractivity contribution in [1.82, 2.24) is 20.2 Å². The van der Waals surface area contributed by atoms with E-state index in [1.165, 1.54) is 25.0 Å². The van der Waals surface area contributed by atoms with Crippen LogP contribution < -0.4 is 10.1 Å². The lowest BCUT2D eigenvalue weighted by Crippen LogP contribution is -2.29. The molecule has 3 rings (SSSR count). The molecule has 0 amide bonds. The second-order valence-electron chi connectivity index (χ2n) is 4.94. The summed E-state index contributed by atoms with van der Waals surface area (Å²) in [6.45, 7) is 1.75. The maximum atomic E-state index is 12.2. The van der Waals surface area contributed by atoms with Gasteiger partial charge in [-0.1, -0.05) is 11.2 Å². The number of aromatic hydroxyl groups is 1. The second kappa shape index (κ2) is 5.59. The van der Waals surface area contributed by atoms with E-state index in [0.29, 0.717) is 22.8 Å². The molecule has 0 unspecified atom stereocenters. The summed E-state index contributed by atoms with van der Waals surface area (Å²) >= 11 is 0. The number of anilines is 1. The van der Waals surface area contributed by atoms with E-state index in [9.17, 15) is 9.90 Å². The number of nitrogens with zero attached hydrogens (tertiary/aromatic N) is 4. The van der Waals surface area contributed by atoms with Gasteiger partial charge >= 0.3 is 5.97 Å². The Morgan fingerprint density at radius 2 is 2.17 bits per heavy atom. The van der Waals surface area contributed by atoms with Crippen molar-refractivity contribution in [2.24, 2.45) is 0 Å². The molecule has 0 radical (unpaired) electrons. The normalized spacial score (nSPS) is 16.6. The van der Waals surface area contributed by atoms with E-state index in [1.54, 1.807) is 19.1 Å². The van der Waals surface area contributed by atoms with Gasteiger partial charge in [0.1, 0.15) is 6.04 Å². The van der Waals surface area contributed by atoms with E-state index < -0.39 is 12.0 Å². The van der Waals surface area contributed by atoms with Crippen molar-refractivity contribution in [2.75, 3.05) is 19.5 Å². The van der Waals surface area contributed by atoms with Gasteiger partial charge in [0.05, 0.1) is 19.8 Å². The fourth-order valence-corrected chi connectivity index (χ4v) is 2.56. The molecule has 120 valence electrons. The third-order valence-corrected chi connectivity index (χ3v) is 3.64. The zero-order valence-corrected chi connectivity index (χ0v) is 12.8. The molecule has 9 nitrogen and oxygen atoms in total. The van der Waals surface area contributed by atoms with Crippen LogP contribution in [-0.4, -0.2) is 45.5 Å². The minimum Gasteiger partial charge on any atom is -0.504 e. The van der Waals surface area contributed by atoms with E-state index >= 15 is 0 Å². The van der Waals surface area contributed by atoms with Crippen LogP contribution in [0.5, 0.6) is 11.5 Å². The lowest BCUT2D eigenvalue weighted by molar-refractivity contribution is -0.136. The maximum Gasteiger partial charge on any atom is 0.338 e. The Balaban J connectivity index is 2.19. The van der Waals surface area contributed by atoms with Crippen LogP contribution in [0.15, 0.2) is 29.5 Å². The number of tetrazole rings is 1. The van der Waals surface area contributed by atoms with Crippen LogP contribution in [0.1, 0.15) is 18.5 Å². The Morgan fingerprint density at radius 1 is 1.39 bits per heavy atom. The number of hydrogen-bond donors (Lipinski definition) is 2. The number of phenols is 1. The number of aromatic nitrogens is 4. The molecule has 9 heteroatoms. The van der Waals surface area contributed by atoms with Gasteiger partial charge in [0.15, 0.2) is 11.5 Å². The zero-order chi connectivity index (χ0) is 16.6. The third-order valence-electron chi connectivity index (χ3n) is 3.64. The first-order chi connectivity index (χ1) is 11.1. The number of esters is 1. The average molecular weight is 317 g/mol. The molecule has 0 aliphatic carbocycles. The van der Waals surface area contributed by atoms with Crippen LogP contribution in [-0.2, 0) is 9.53 Å². The first kappa shape index (κ1) is 14.8. The number of rotatable bonds is 3. The molecule has 0 fully saturated rings. The first-order valence-electron chi connectivity index (χ1n) is 6.77. The minimum atomic E-state index is -0.594. The highest BCUT2D eigenvalue weighted by Gasteiger charge is 2.35. The fraction of sp³-hybridized carbons (Fsp3) is 0.286. The SMILES string of the molecule is COC(=O)C1=C(C)Nc2nnnn2[C@@H]1c1ccc(O)c(OC)c1. The third kappa shape index (κ3) is 2.35. The molecule has 1 aromatic heterocycles. The van der Waals surface area contributed by atoms with Crippen molar-refractivity contribution in [3.8, 4) is 11.5 Å². The van der Waals surface area contributed by atoms with E-state index in [4.69, 9.17) is 9.47 Å². The van der Waals surface area contributed by atoms with Gasteiger partial charge in [-0.25, -0.2) is 4.79 Å². The van der Waals surface area contributed by atoms with Crippen molar-refractivity contribution in [3.05, 3.63) is 35.0 Å². The van der Waals surface area contributed by atoms with E-state index in [0.717, 1.165) is 0 Å². The lowest BCUT2D eigenvalue weighted by Gasteiger charge is -2.27. The summed E-state index contributed by atoms with van der Waals surface area (Å²) in [4.78, 5) is 12.2. The number of phenolic OH excluding ortho intramolecular Hbond substituents is 1. The van der Waals surface area contributed by atoms with Crippen molar-refractivity contribution >= 4 is 11.9 Å². The zero-order valence-electron chi connectivity index (χ0n) is 12.8. The molecular formula is C14H15N5O4. The molecular weight excluding hydrogens is 302 g/mol. The number of carbonyl (C=O) groups excluding carboxylic acids is 1. The summed E-state index contributed by atoms with van der Waals surface area (Å²) in [7, 11) is 2.76. The number of carbonyl (C=O) groups is 1. The van der Waals surface area contributed by atoms with Crippen LogP contribution in [0.2, 0.25) is 0 Å². The highest BCUT2D eigenvalue weighted by Crippen LogP contribution is 2.38. The van der Waals surface area contributed by atoms with Crippen molar-refractivity contribution in [1.29, 1.82) is 0 Å². The van der Waals surface area contributed by atoms with Crippen LogP contribution in [0.4, 0.5) is 5.95 Å². The molecule has 1 aliphatic heterocycles. The Bertz CT molecular complexity index is 798. The largest absolute Gasteiger partial charge is 0.504 e. The number of methoxy groups -OCH3 is 2. The Kier molecular flexibility index (Phi) is 3.61. The van der Waals surface area contributed by atoms with Crippen LogP contribution >= 0.6 is 0 Å². The molecule has 1 aliphatic rings. The highest BCUT2D eigenvalue weighted by atomic mass is 16.5. The predicted molar refractivity (Wildman–Crippen MR) is 79.0 cm³/mol. The highest BCUT2D eigenvalue weighted by molar-refractivity contribution is 5.92. The van der Waals surface area contributed by atoms with Crippen LogP contribution in [0.3, 0.4) is 0 Å². The minimum absolute atomic E-state index is 0.00226. The van der Waals surface area contributed by atoms with Gasteiger partial charge < -0.3 is 19.9 Å². The number of fused-ring (bicyclic) bond motifs is 1. The molecule has 0 bridgehead atoms. The quantitative estimate of drug-likeness (QED) is 0.801. The fourth-order valence-electron chi connectivity index (χ4n) is 2.56. The summed E-state index contributed by atoms with van der Waals surface area (Å²) in [5.41, 5.74) is 1.64. The summed E-state index contributed by atoms with van der Waals surface area (Å²) in [5, 5.41) is 24.2. The van der Waals surface area contributed by atoms with Crippen LogP contribution in [0, 0.1) is 0 Å². The summed E-state index contributed by atoms with van der Waals surface area (Å²) in [6, 6.07) is 4.20. The summed E-state index contributed by atoms with van der Waals surface area (Å²) < 4.78 is 11.5. The smallest absolute Gasteiger partial charge is 0.338 e. The lowest BCUT2D eigenvalue weighted by atomic mass is 9.95. The molecule has 2 N–H and O–H groups in total. The van der Waals surface area contributed by atoms with Crippen molar-refractivity contribution in [2.45, 2.75) is 13.0 Å². The summed E-state index contributed by atoms with van der Waals surface area (Å²) in [5.74, 6) is 0.209. The Morgan fingerprint density at radius 3 is 2.87 bits per heavy atom. The van der Waals surface area contributed by atoms with Gasteiger partial charge in [0.25, 0.3) is 0 Å². The molecule has 1 atom stereocenters. The molecule has 23 heavy (non-hydrogen) atoms. The topological polar surface area (TPSA) is 111 Å². The average Bonchev–Trinajstić information content (AvgIpc) is 3.01. The van der Waals surface area contributed by atoms with Crippen molar-refractivity contribution < 1.29 is 19.4 Å². The van der Waals surface area contributed by atoms with Crippen LogP contribution in [0.25, 0.3) is 0 Å². The maximum absolute atomic E-state index is 12.2. The standard InChI is InChI=1S/C14H15N5O4/c1-7-11(13(21)23-3)12(19-14(15-7)16-17-18-19)8-4-5-9(20)10(6-8)22-2/h4-6,12,20H,1-3H3,(H,15,16,18)/t12-/m1/s1. The number of hydrogen-bond acceptors (Lipinski definition) is 8. The second-order valence-corrected chi connectivity index (χ2v) is 4.94. The van der Waals surface area contributed by atoms with Gasteiger partial charge in [-0.2, -0.15) is 4.68 Å². The first-order valence-corrected chi connectivity index (χ1v) is 6.77. The summed E-state index contributed by atoms with van der Waals surface area (Å²) in [6.07, 6.45) is 0. The van der Waals surface area contributed by atoms with E-state index in [-0.39, 0.29) is 11.5 Å². The Hall–Kier alpha value is -3.10. The monoisotopic (exact) mass is 317 g/mol. The van der Waals surface area contributed by atoms with E-state index in [2.05, 4.69) is 20.8 Å². The number of nitrogens with one attached hydrogen (secondary N) is 1. The Labute approximate surface area is 131 Å². The molecule has 1 aromatic carbocycles. The molecule has 0 saturated heterocycles. The van der Waals surface area contributed by atoms with Gasteiger partial charge in [-0.15, -0.1) is 0 Å². The molecule has 2 heterocycles. The predicted octanol–water partition coefficient (Wildman–Crippen LogP) is 0.849. The van der Waals surface area contributed by atoms with Crippen molar-refractivity contribution in [3.63, 3.8) is 0 Å². The number of benzene rings is 1. The molecule has 0 saturated carbocycles. The van der Waals surface area contributed by atoms with Gasteiger partial charge in [-0.3, -0.25) is 0 Å². The number of allylic oxidation sites excluding steroid dienone is 1. The van der Waals surface area contributed by atoms with Gasteiger partial charge in [-0.05, 0) is 35.0 Å². The number of ether oxygens (including phenoxy) is 2. The van der Waals surface area contributed by atoms with Gasteiger partial charge in [0.2, 0.25) is 5.95 Å². The van der Waals surface area contributed by atoms with E-state index in [1.807, 2.05) is 0 Å². The molecule has 0 spiro atoms. The molecule has 2 aromatic rings.